The smallest absolute Gasteiger partial charge is 0.354 e. The van der Waals surface area contributed by atoms with E-state index >= 15 is 0 Å². The normalized spacial score (nSPS) is 13.9. The van der Waals surface area contributed by atoms with E-state index in [4.69, 9.17) is 0 Å². The number of aromatic nitrogens is 1. The molecule has 0 saturated carbocycles. The minimum atomic E-state index is -4.81. The van der Waals surface area contributed by atoms with Gasteiger partial charge >= 0.3 is 6.18 Å². The average Bonchev–Trinajstić information content (AvgIpc) is 2.91. The highest BCUT2D eigenvalue weighted by Gasteiger charge is 2.40. The van der Waals surface area contributed by atoms with Gasteiger partial charge in [0.25, 0.3) is 0 Å². The highest BCUT2D eigenvalue weighted by molar-refractivity contribution is 5.83. The summed E-state index contributed by atoms with van der Waals surface area (Å²) in [4.78, 5) is 17.4. The van der Waals surface area contributed by atoms with E-state index in [0.717, 1.165) is 30.0 Å². The fraction of sp³-hybridized carbons (Fsp3) is 0.200. The van der Waals surface area contributed by atoms with Gasteiger partial charge < -0.3 is 5.32 Å². The van der Waals surface area contributed by atoms with Crippen LogP contribution in [0.25, 0.3) is 0 Å². The van der Waals surface area contributed by atoms with Crippen LogP contribution in [0.5, 0.6) is 0 Å². The number of hydrogen-bond acceptors (Lipinski definition) is 2. The summed E-state index contributed by atoms with van der Waals surface area (Å²) in [6.07, 6.45) is -3.79. The van der Waals surface area contributed by atoms with Crippen molar-refractivity contribution in [1.29, 1.82) is 0 Å². The zero-order valence-corrected chi connectivity index (χ0v) is 20.5. The summed E-state index contributed by atoms with van der Waals surface area (Å²) in [5.74, 6) is -2.66. The lowest BCUT2D eigenvalue weighted by Gasteiger charge is -2.35. The van der Waals surface area contributed by atoms with Crippen molar-refractivity contribution < 1.29 is 26.7 Å². The highest BCUT2D eigenvalue weighted by atomic mass is 19.4. The molecule has 4 aromatic rings. The number of carbonyl (C=O) groups is 1. The number of nitrogens with one attached hydrogen (secondary N) is 1. The summed E-state index contributed by atoms with van der Waals surface area (Å²) in [5.41, 5.74) is -1.01. The van der Waals surface area contributed by atoms with Gasteiger partial charge in [0.2, 0.25) is 5.91 Å². The quantitative estimate of drug-likeness (QED) is 0.257. The zero-order chi connectivity index (χ0) is 27.3. The molecule has 4 rings (SSSR count). The van der Waals surface area contributed by atoms with Crippen molar-refractivity contribution in [1.82, 2.24) is 10.3 Å². The molecule has 38 heavy (non-hydrogen) atoms. The van der Waals surface area contributed by atoms with Gasteiger partial charge in [-0.25, -0.2) is 8.78 Å². The zero-order valence-electron chi connectivity index (χ0n) is 20.5. The molecule has 196 valence electrons. The van der Waals surface area contributed by atoms with E-state index in [-0.39, 0.29) is 30.1 Å². The van der Waals surface area contributed by atoms with Crippen molar-refractivity contribution in [2.24, 2.45) is 0 Å². The Morgan fingerprint density at radius 3 is 2.08 bits per heavy atom. The third-order valence-corrected chi connectivity index (χ3v) is 6.60. The number of amides is 1. The SMILES string of the molecule is C[C@@H](C(=O)NC[C@@](Cc1ccccc1)(c1cc(F)cc(C(F)(F)F)c1)c1ccc(F)cn1)c1ccccc1. The maximum absolute atomic E-state index is 14.7. The predicted octanol–water partition coefficient (Wildman–Crippen LogP) is 6.83. The molecule has 8 heteroatoms. The first-order valence-corrected chi connectivity index (χ1v) is 12.0. The first-order chi connectivity index (χ1) is 18.1. The Labute approximate surface area is 217 Å². The number of carbonyl (C=O) groups excluding carboxylic acids is 1. The molecule has 0 aliphatic heterocycles. The van der Waals surface area contributed by atoms with Crippen molar-refractivity contribution in [3.05, 3.63) is 137 Å². The summed E-state index contributed by atoms with van der Waals surface area (Å²) in [7, 11) is 0. The van der Waals surface area contributed by atoms with Crippen LogP contribution >= 0.6 is 0 Å². The van der Waals surface area contributed by atoms with E-state index in [2.05, 4.69) is 10.3 Å². The summed E-state index contributed by atoms with van der Waals surface area (Å²) in [6.45, 7) is 1.50. The van der Waals surface area contributed by atoms with E-state index in [1.165, 1.54) is 6.07 Å². The topological polar surface area (TPSA) is 42.0 Å². The summed E-state index contributed by atoms with van der Waals surface area (Å²) in [6, 6.07) is 22.7. The van der Waals surface area contributed by atoms with E-state index in [1.807, 2.05) is 6.07 Å². The van der Waals surface area contributed by atoms with Crippen LogP contribution < -0.4 is 5.32 Å². The van der Waals surface area contributed by atoms with Crippen molar-refractivity contribution in [2.45, 2.75) is 30.9 Å². The van der Waals surface area contributed by atoms with Crippen LogP contribution in [0.15, 0.2) is 97.2 Å². The van der Waals surface area contributed by atoms with E-state index in [0.29, 0.717) is 11.6 Å². The molecule has 1 N–H and O–H groups in total. The van der Waals surface area contributed by atoms with Gasteiger partial charge in [-0.2, -0.15) is 13.2 Å². The Morgan fingerprint density at radius 1 is 0.842 bits per heavy atom. The lowest BCUT2D eigenvalue weighted by Crippen LogP contribution is -2.45. The molecule has 3 nitrogen and oxygen atoms in total. The fourth-order valence-electron chi connectivity index (χ4n) is 4.51. The number of halogens is 5. The molecule has 0 fully saturated rings. The van der Waals surface area contributed by atoms with Gasteiger partial charge in [-0.3, -0.25) is 9.78 Å². The van der Waals surface area contributed by atoms with Gasteiger partial charge in [0, 0.05) is 6.54 Å². The second-order valence-corrected chi connectivity index (χ2v) is 9.18. The first kappa shape index (κ1) is 27.0. The Hall–Kier alpha value is -4.07. The summed E-state index contributed by atoms with van der Waals surface area (Å²) < 4.78 is 69.7. The van der Waals surface area contributed by atoms with Gasteiger partial charge in [0.1, 0.15) is 11.6 Å². The minimum Gasteiger partial charge on any atom is -0.354 e. The molecular weight excluding hydrogens is 499 g/mol. The van der Waals surface area contributed by atoms with Crippen molar-refractivity contribution in [2.75, 3.05) is 6.54 Å². The van der Waals surface area contributed by atoms with Crippen LogP contribution in [-0.4, -0.2) is 17.4 Å². The molecule has 0 bridgehead atoms. The average molecular weight is 525 g/mol. The largest absolute Gasteiger partial charge is 0.416 e. The second-order valence-electron chi connectivity index (χ2n) is 9.18. The Balaban J connectivity index is 1.85. The molecule has 0 unspecified atom stereocenters. The lowest BCUT2D eigenvalue weighted by molar-refractivity contribution is -0.137. The standard InChI is InChI=1S/C30H25F5N2O/c1-20(22-10-6-3-7-11-22)28(38)37-19-29(17-21-8-4-2-5-9-21,27-13-12-25(31)18-36-27)23-14-24(30(33,34)35)16-26(32)15-23/h2-16,18,20H,17,19H2,1H3,(H,37,38)/t20-,29+/m1/s1. The van der Waals surface area contributed by atoms with Gasteiger partial charge in [-0.05, 0) is 60.4 Å². The number of hydrogen-bond donors (Lipinski definition) is 1. The fourth-order valence-corrected chi connectivity index (χ4v) is 4.51. The maximum Gasteiger partial charge on any atom is 0.416 e. The Morgan fingerprint density at radius 2 is 1.47 bits per heavy atom. The molecule has 1 aromatic heterocycles. The van der Waals surface area contributed by atoms with Crippen LogP contribution in [0.3, 0.4) is 0 Å². The van der Waals surface area contributed by atoms with Crippen LogP contribution in [0.4, 0.5) is 22.0 Å². The van der Waals surface area contributed by atoms with Gasteiger partial charge in [0.15, 0.2) is 0 Å². The molecule has 3 aromatic carbocycles. The maximum atomic E-state index is 14.7. The molecule has 0 aliphatic rings. The highest BCUT2D eigenvalue weighted by Crippen LogP contribution is 2.39. The Bertz CT molecular complexity index is 1380. The predicted molar refractivity (Wildman–Crippen MR) is 134 cm³/mol. The third-order valence-electron chi connectivity index (χ3n) is 6.60. The van der Waals surface area contributed by atoms with Gasteiger partial charge in [-0.15, -0.1) is 0 Å². The van der Waals surface area contributed by atoms with Crippen molar-refractivity contribution >= 4 is 5.91 Å². The molecule has 2 atom stereocenters. The number of nitrogens with zero attached hydrogens (tertiary/aromatic N) is 1. The van der Waals surface area contributed by atoms with Crippen molar-refractivity contribution in [3.8, 4) is 0 Å². The van der Waals surface area contributed by atoms with E-state index in [9.17, 15) is 26.7 Å². The summed E-state index contributed by atoms with van der Waals surface area (Å²) >= 11 is 0. The number of pyridine rings is 1. The molecule has 1 heterocycles. The van der Waals surface area contributed by atoms with Crippen LogP contribution in [0, 0.1) is 11.6 Å². The van der Waals surface area contributed by atoms with E-state index < -0.39 is 34.7 Å². The molecule has 0 radical (unpaired) electrons. The molecule has 0 saturated heterocycles. The summed E-state index contributed by atoms with van der Waals surface area (Å²) in [5, 5.41) is 2.85. The lowest BCUT2D eigenvalue weighted by atomic mass is 9.72. The third kappa shape index (κ3) is 6.07. The second kappa shape index (κ2) is 11.1. The monoisotopic (exact) mass is 524 g/mol. The minimum absolute atomic E-state index is 0.0412. The molecule has 1 amide bonds. The van der Waals surface area contributed by atoms with Crippen LogP contribution in [-0.2, 0) is 22.8 Å². The molecular formula is C30H25F5N2O. The first-order valence-electron chi connectivity index (χ1n) is 12.0. The van der Waals surface area contributed by atoms with E-state index in [1.54, 1.807) is 61.5 Å². The molecule has 0 aliphatic carbocycles. The van der Waals surface area contributed by atoms with Crippen LogP contribution in [0.1, 0.15) is 40.8 Å². The Kier molecular flexibility index (Phi) is 7.90. The van der Waals surface area contributed by atoms with Gasteiger partial charge in [-0.1, -0.05) is 60.7 Å². The number of alkyl halides is 3. The number of rotatable bonds is 8. The van der Waals surface area contributed by atoms with Crippen LogP contribution in [0.2, 0.25) is 0 Å². The number of benzene rings is 3. The molecule has 0 spiro atoms. The van der Waals surface area contributed by atoms with Crippen molar-refractivity contribution in [3.63, 3.8) is 0 Å². The van der Waals surface area contributed by atoms with Gasteiger partial charge in [0.05, 0.1) is 28.8 Å².